The lowest BCUT2D eigenvalue weighted by Crippen LogP contribution is -2.24. The number of carbonyl (C=O) groups excluding carboxylic acids is 1. The quantitative estimate of drug-likeness (QED) is 0.889. The molecule has 0 unspecified atom stereocenters. The third-order valence-corrected chi connectivity index (χ3v) is 3.86. The van der Waals surface area contributed by atoms with Crippen LogP contribution in [0.15, 0.2) is 24.3 Å². The van der Waals surface area contributed by atoms with Crippen molar-refractivity contribution in [1.29, 1.82) is 0 Å². The molecule has 1 amide bonds. The zero-order valence-corrected chi connectivity index (χ0v) is 12.2. The van der Waals surface area contributed by atoms with E-state index in [0.717, 1.165) is 10.6 Å². The van der Waals surface area contributed by atoms with Gasteiger partial charge in [0.15, 0.2) is 5.13 Å². The number of rotatable bonds is 5. The molecule has 1 heterocycles. The van der Waals surface area contributed by atoms with Gasteiger partial charge in [0.2, 0.25) is 5.91 Å². The first-order valence-electron chi connectivity index (χ1n) is 6.24. The van der Waals surface area contributed by atoms with E-state index in [0.29, 0.717) is 17.1 Å². The van der Waals surface area contributed by atoms with Gasteiger partial charge < -0.3 is 10.6 Å². The monoisotopic (exact) mass is 293 g/mol. The molecule has 0 aliphatic rings. The van der Waals surface area contributed by atoms with Crippen LogP contribution >= 0.6 is 11.3 Å². The van der Waals surface area contributed by atoms with Crippen molar-refractivity contribution in [2.45, 2.75) is 13.3 Å². The molecule has 1 aromatic carbocycles. The first-order chi connectivity index (χ1) is 9.60. The number of thiazole rings is 1. The number of halogens is 1. The lowest BCUT2D eigenvalue weighted by Gasteiger charge is -2.01. The van der Waals surface area contributed by atoms with Gasteiger partial charge >= 0.3 is 0 Å². The lowest BCUT2D eigenvalue weighted by molar-refractivity contribution is -0.115. The second-order valence-corrected chi connectivity index (χ2v) is 5.46. The molecule has 20 heavy (non-hydrogen) atoms. The molecule has 0 aliphatic heterocycles. The van der Waals surface area contributed by atoms with Crippen LogP contribution < -0.4 is 10.6 Å². The maximum atomic E-state index is 13.6. The van der Waals surface area contributed by atoms with Gasteiger partial charge in [-0.2, -0.15) is 0 Å². The molecule has 2 rings (SSSR count). The summed E-state index contributed by atoms with van der Waals surface area (Å²) in [5.74, 6) is -0.361. The molecule has 106 valence electrons. The fourth-order valence-electron chi connectivity index (χ4n) is 1.78. The number of anilines is 1. The van der Waals surface area contributed by atoms with E-state index in [1.165, 1.54) is 17.4 Å². The topological polar surface area (TPSA) is 54.0 Å². The first-order valence-corrected chi connectivity index (χ1v) is 7.06. The summed E-state index contributed by atoms with van der Waals surface area (Å²) in [6.45, 7) is 2.10. The van der Waals surface area contributed by atoms with E-state index in [9.17, 15) is 9.18 Å². The third kappa shape index (κ3) is 3.61. The average molecular weight is 293 g/mol. The fourth-order valence-corrected chi connectivity index (χ4v) is 2.79. The van der Waals surface area contributed by atoms with Crippen molar-refractivity contribution < 1.29 is 9.18 Å². The second kappa shape index (κ2) is 6.58. The Hall–Kier alpha value is -1.79. The maximum absolute atomic E-state index is 13.6. The highest BCUT2D eigenvalue weighted by molar-refractivity contribution is 7.15. The van der Waals surface area contributed by atoms with Gasteiger partial charge in [-0.25, -0.2) is 9.37 Å². The van der Waals surface area contributed by atoms with Gasteiger partial charge in [-0.05, 0) is 25.6 Å². The largest absolute Gasteiger partial charge is 0.311 e. The highest BCUT2D eigenvalue weighted by atomic mass is 32.1. The Morgan fingerprint density at radius 1 is 1.40 bits per heavy atom. The minimum atomic E-state index is -0.221. The second-order valence-electron chi connectivity index (χ2n) is 4.37. The summed E-state index contributed by atoms with van der Waals surface area (Å²) in [6.07, 6.45) is 0.484. The average Bonchev–Trinajstić information content (AvgIpc) is 2.72. The molecule has 1 aromatic heterocycles. The zero-order chi connectivity index (χ0) is 14.5. The number of amides is 1. The van der Waals surface area contributed by atoms with Gasteiger partial charge in [0, 0.05) is 11.3 Å². The zero-order valence-electron chi connectivity index (χ0n) is 11.4. The summed E-state index contributed by atoms with van der Waals surface area (Å²) in [4.78, 5) is 16.7. The summed E-state index contributed by atoms with van der Waals surface area (Å²) in [5.41, 5.74) is 1.45. The van der Waals surface area contributed by atoms with E-state index < -0.39 is 0 Å². The molecule has 2 aromatic rings. The summed E-state index contributed by atoms with van der Waals surface area (Å²) < 4.78 is 13.6. The number of likely N-dealkylation sites (N-methyl/N-ethyl adjacent to an activating group) is 1. The maximum Gasteiger partial charge on any atom is 0.240 e. The fraction of sp³-hybridized carbons (Fsp3) is 0.286. The molecule has 2 N–H and O–H groups in total. The van der Waals surface area contributed by atoms with Crippen molar-refractivity contribution in [3.8, 4) is 0 Å². The van der Waals surface area contributed by atoms with Crippen LogP contribution in [0.4, 0.5) is 9.52 Å². The summed E-state index contributed by atoms with van der Waals surface area (Å²) in [7, 11) is 1.70. The highest BCUT2D eigenvalue weighted by Crippen LogP contribution is 2.25. The van der Waals surface area contributed by atoms with Crippen LogP contribution in [-0.4, -0.2) is 24.5 Å². The Kier molecular flexibility index (Phi) is 4.81. The Morgan fingerprint density at radius 3 is 2.85 bits per heavy atom. The van der Waals surface area contributed by atoms with Gasteiger partial charge in [0.25, 0.3) is 0 Å². The van der Waals surface area contributed by atoms with Gasteiger partial charge in [-0.15, -0.1) is 11.3 Å². The van der Waals surface area contributed by atoms with Gasteiger partial charge in [-0.3, -0.25) is 4.79 Å². The lowest BCUT2D eigenvalue weighted by atomic mass is 10.1. The number of carbonyl (C=O) groups is 1. The van der Waals surface area contributed by atoms with Crippen molar-refractivity contribution in [2.24, 2.45) is 0 Å². The van der Waals surface area contributed by atoms with Crippen molar-refractivity contribution in [3.63, 3.8) is 0 Å². The molecular weight excluding hydrogens is 277 g/mol. The number of nitrogens with one attached hydrogen (secondary N) is 2. The van der Waals surface area contributed by atoms with Crippen LogP contribution in [0, 0.1) is 12.7 Å². The normalized spacial score (nSPS) is 10.6. The smallest absolute Gasteiger partial charge is 0.240 e. The van der Waals surface area contributed by atoms with Crippen LogP contribution in [-0.2, 0) is 11.2 Å². The number of hydrogen-bond acceptors (Lipinski definition) is 4. The van der Waals surface area contributed by atoms with Crippen LogP contribution in [0.2, 0.25) is 0 Å². The van der Waals surface area contributed by atoms with Crippen LogP contribution in [0.1, 0.15) is 16.1 Å². The molecule has 0 atom stereocenters. The van der Waals surface area contributed by atoms with Crippen molar-refractivity contribution in [2.75, 3.05) is 18.9 Å². The number of aromatic nitrogens is 1. The van der Waals surface area contributed by atoms with Gasteiger partial charge in [0.05, 0.1) is 12.2 Å². The summed E-state index contributed by atoms with van der Waals surface area (Å²) in [5, 5.41) is 6.04. The van der Waals surface area contributed by atoms with Gasteiger partial charge in [-0.1, -0.05) is 18.2 Å². The van der Waals surface area contributed by atoms with Crippen LogP contribution in [0.5, 0.6) is 0 Å². The number of aryl methyl sites for hydroxylation is 1. The number of benzene rings is 1. The predicted molar refractivity (Wildman–Crippen MR) is 78.6 cm³/mol. The highest BCUT2D eigenvalue weighted by Gasteiger charge is 2.12. The van der Waals surface area contributed by atoms with Crippen LogP contribution in [0.25, 0.3) is 0 Å². The summed E-state index contributed by atoms with van der Waals surface area (Å²) in [6, 6.07) is 6.68. The van der Waals surface area contributed by atoms with Crippen molar-refractivity contribution >= 4 is 22.4 Å². The number of nitrogens with zero attached hydrogens (tertiary/aromatic N) is 1. The van der Waals surface area contributed by atoms with E-state index in [1.54, 1.807) is 19.2 Å². The summed E-state index contributed by atoms with van der Waals surface area (Å²) >= 11 is 1.38. The Morgan fingerprint density at radius 2 is 2.15 bits per heavy atom. The number of hydrogen-bond donors (Lipinski definition) is 2. The Labute approximate surface area is 121 Å². The van der Waals surface area contributed by atoms with Crippen LogP contribution in [0.3, 0.4) is 0 Å². The SMILES string of the molecule is CNCC(=O)Nc1nc(C)c(Cc2ccccc2F)s1. The van der Waals surface area contributed by atoms with Crippen molar-refractivity contribution in [1.82, 2.24) is 10.3 Å². The molecule has 0 saturated carbocycles. The molecule has 0 spiro atoms. The third-order valence-electron chi connectivity index (χ3n) is 2.79. The predicted octanol–water partition coefficient (Wildman–Crippen LogP) is 2.34. The molecule has 0 saturated heterocycles. The van der Waals surface area contributed by atoms with E-state index in [2.05, 4.69) is 15.6 Å². The minimum Gasteiger partial charge on any atom is -0.311 e. The molecule has 0 aliphatic carbocycles. The molecule has 0 radical (unpaired) electrons. The van der Waals surface area contributed by atoms with Crippen molar-refractivity contribution in [3.05, 3.63) is 46.2 Å². The Balaban J connectivity index is 2.12. The first kappa shape index (κ1) is 14.6. The van der Waals surface area contributed by atoms with E-state index in [4.69, 9.17) is 0 Å². The molecule has 0 bridgehead atoms. The molecule has 0 fully saturated rings. The Bertz CT molecular complexity index is 612. The van der Waals surface area contributed by atoms with E-state index >= 15 is 0 Å². The van der Waals surface area contributed by atoms with E-state index in [-0.39, 0.29) is 18.3 Å². The molecule has 6 heteroatoms. The van der Waals surface area contributed by atoms with Gasteiger partial charge in [0.1, 0.15) is 5.82 Å². The minimum absolute atomic E-state index is 0.140. The molecular formula is C14H16FN3OS. The van der Waals surface area contributed by atoms with E-state index in [1.807, 2.05) is 13.0 Å². The standard InChI is InChI=1S/C14H16FN3OS/c1-9-12(7-10-5-3-4-6-11(10)15)20-14(17-9)18-13(19)8-16-2/h3-6,16H,7-8H2,1-2H3,(H,17,18,19). The molecule has 4 nitrogen and oxygen atoms in total.